The van der Waals surface area contributed by atoms with Crippen LogP contribution in [0.25, 0.3) is 5.76 Å². The second kappa shape index (κ2) is 4.75. The second-order valence-corrected chi connectivity index (χ2v) is 4.90. The minimum absolute atomic E-state index is 0.0702. The van der Waals surface area contributed by atoms with Gasteiger partial charge in [-0.3, -0.25) is 4.79 Å². The second-order valence-electron chi connectivity index (χ2n) is 4.50. The molecule has 1 fully saturated rings. The van der Waals surface area contributed by atoms with Crippen LogP contribution in [0.3, 0.4) is 0 Å². The lowest BCUT2D eigenvalue weighted by atomic mass is 9.92. The molecule has 1 aromatic carbocycles. The maximum absolute atomic E-state index is 12.0. The molecule has 3 nitrogen and oxygen atoms in total. The molecule has 0 bridgehead atoms. The van der Waals surface area contributed by atoms with Gasteiger partial charge in [-0.15, -0.1) is 0 Å². The number of carbonyl (C=O) groups excluding carboxylic acids is 1. The Labute approximate surface area is 110 Å². The molecule has 0 radical (unpaired) electrons. The molecule has 0 unspecified atom stereocenters. The van der Waals surface area contributed by atoms with Crippen molar-refractivity contribution < 1.29 is 14.3 Å². The Kier molecular flexibility index (Phi) is 3.10. The maximum atomic E-state index is 12.0. The monoisotopic (exact) mass is 264 g/mol. The molecule has 94 valence electrons. The van der Waals surface area contributed by atoms with Gasteiger partial charge in [0.25, 0.3) is 0 Å². The fourth-order valence-electron chi connectivity index (χ4n) is 2.35. The average molecular weight is 265 g/mol. The summed E-state index contributed by atoms with van der Waals surface area (Å²) in [6, 6.07) is 7.32. The maximum Gasteiger partial charge on any atom is 0.210 e. The van der Waals surface area contributed by atoms with Gasteiger partial charge in [-0.1, -0.05) is 23.7 Å². The van der Waals surface area contributed by atoms with Crippen LogP contribution < -0.4 is 0 Å². The Morgan fingerprint density at radius 1 is 1.28 bits per heavy atom. The summed E-state index contributed by atoms with van der Waals surface area (Å²) in [7, 11) is 0. The van der Waals surface area contributed by atoms with E-state index in [4.69, 9.17) is 21.1 Å². The topological polar surface area (TPSA) is 35.5 Å². The minimum atomic E-state index is -0.456. The molecule has 4 heteroatoms. The van der Waals surface area contributed by atoms with Crippen molar-refractivity contribution in [2.45, 2.75) is 19.1 Å². The number of carbonyl (C=O) groups is 1. The van der Waals surface area contributed by atoms with Crippen LogP contribution in [-0.4, -0.2) is 18.7 Å². The fraction of sp³-hybridized carbons (Fsp3) is 0.357. The van der Waals surface area contributed by atoms with Crippen molar-refractivity contribution in [3.8, 4) is 0 Å². The van der Waals surface area contributed by atoms with Crippen LogP contribution in [0.1, 0.15) is 18.4 Å². The van der Waals surface area contributed by atoms with E-state index >= 15 is 0 Å². The van der Waals surface area contributed by atoms with Gasteiger partial charge in [0.15, 0.2) is 5.78 Å². The molecule has 0 amide bonds. The van der Waals surface area contributed by atoms with Gasteiger partial charge < -0.3 is 9.47 Å². The van der Waals surface area contributed by atoms with E-state index in [2.05, 4.69) is 0 Å². The smallest absolute Gasteiger partial charge is 0.210 e. The van der Waals surface area contributed by atoms with Gasteiger partial charge in [-0.05, 0) is 25.0 Å². The lowest BCUT2D eigenvalue weighted by molar-refractivity contribution is -0.169. The third-order valence-corrected chi connectivity index (χ3v) is 3.62. The highest BCUT2D eigenvalue weighted by atomic mass is 35.5. The Balaban J connectivity index is 1.94. The molecule has 1 saturated heterocycles. The predicted molar refractivity (Wildman–Crippen MR) is 68.0 cm³/mol. The number of rotatable bonds is 1. The van der Waals surface area contributed by atoms with E-state index in [1.54, 1.807) is 6.07 Å². The molecule has 0 aliphatic carbocycles. The molecule has 0 spiro atoms. The van der Waals surface area contributed by atoms with Crippen LogP contribution >= 0.6 is 11.6 Å². The van der Waals surface area contributed by atoms with E-state index < -0.39 is 6.29 Å². The fourth-order valence-corrected chi connectivity index (χ4v) is 2.57. The quantitative estimate of drug-likeness (QED) is 0.782. The zero-order chi connectivity index (χ0) is 12.5. The Morgan fingerprint density at radius 2 is 2.11 bits per heavy atom. The highest BCUT2D eigenvalue weighted by molar-refractivity contribution is 6.32. The van der Waals surface area contributed by atoms with Gasteiger partial charge in [0.1, 0.15) is 5.76 Å². The normalized spacial score (nSPS) is 27.2. The molecular formula is C14H13ClO3. The third-order valence-electron chi connectivity index (χ3n) is 3.29. The predicted octanol–water partition coefficient (Wildman–Crippen LogP) is 3.03. The molecule has 2 aliphatic heterocycles. The Morgan fingerprint density at radius 3 is 2.94 bits per heavy atom. The number of hydrogen-bond acceptors (Lipinski definition) is 3. The molecule has 3 rings (SSSR count). The van der Waals surface area contributed by atoms with E-state index in [1.807, 2.05) is 18.2 Å². The van der Waals surface area contributed by atoms with Crippen LogP contribution in [0.5, 0.6) is 0 Å². The lowest BCUT2D eigenvalue weighted by Gasteiger charge is -2.34. The zero-order valence-corrected chi connectivity index (χ0v) is 10.5. The summed E-state index contributed by atoms with van der Waals surface area (Å²) in [6.45, 7) is 0.643. The summed E-state index contributed by atoms with van der Waals surface area (Å²) < 4.78 is 11.3. The van der Waals surface area contributed by atoms with Gasteiger partial charge in [0.05, 0.1) is 17.5 Å². The molecule has 0 saturated carbocycles. The van der Waals surface area contributed by atoms with Crippen LogP contribution in [0.15, 0.2) is 30.3 Å². The highest BCUT2D eigenvalue weighted by Crippen LogP contribution is 2.34. The van der Waals surface area contributed by atoms with E-state index in [9.17, 15) is 4.79 Å². The van der Waals surface area contributed by atoms with Crippen LogP contribution in [0.4, 0.5) is 0 Å². The summed E-state index contributed by atoms with van der Waals surface area (Å²) in [6.07, 6.45) is 2.82. The van der Waals surface area contributed by atoms with Crippen molar-refractivity contribution in [1.82, 2.24) is 0 Å². The summed E-state index contributed by atoms with van der Waals surface area (Å²) in [5.74, 6) is 0.416. The van der Waals surface area contributed by atoms with E-state index in [0.29, 0.717) is 17.4 Å². The number of halogens is 1. The van der Waals surface area contributed by atoms with Crippen molar-refractivity contribution in [1.29, 1.82) is 0 Å². The van der Waals surface area contributed by atoms with E-state index in [0.717, 1.165) is 18.4 Å². The van der Waals surface area contributed by atoms with Gasteiger partial charge >= 0.3 is 0 Å². The molecule has 18 heavy (non-hydrogen) atoms. The summed E-state index contributed by atoms with van der Waals surface area (Å²) in [5, 5.41) is 0.575. The average Bonchev–Trinajstić information content (AvgIpc) is 2.39. The van der Waals surface area contributed by atoms with Crippen molar-refractivity contribution in [3.63, 3.8) is 0 Å². The van der Waals surface area contributed by atoms with E-state index in [1.165, 1.54) is 6.08 Å². The SMILES string of the molecule is O=C1C=C(c2ccccc2Cl)O[C@H]2OCCC[C@@H]12. The first kappa shape index (κ1) is 11.8. The third kappa shape index (κ3) is 2.04. The Hall–Kier alpha value is -1.32. The summed E-state index contributed by atoms with van der Waals surface area (Å²) in [4.78, 5) is 12.0. The first-order chi connectivity index (χ1) is 8.75. The number of ketones is 1. The van der Waals surface area contributed by atoms with Crippen molar-refractivity contribution >= 4 is 23.1 Å². The van der Waals surface area contributed by atoms with Crippen LogP contribution in [0, 0.1) is 5.92 Å². The number of benzene rings is 1. The zero-order valence-electron chi connectivity index (χ0n) is 9.77. The number of fused-ring (bicyclic) bond motifs is 1. The first-order valence-electron chi connectivity index (χ1n) is 6.04. The van der Waals surface area contributed by atoms with Crippen LogP contribution in [0.2, 0.25) is 5.02 Å². The van der Waals surface area contributed by atoms with Gasteiger partial charge in [0.2, 0.25) is 6.29 Å². The highest BCUT2D eigenvalue weighted by Gasteiger charge is 2.37. The number of ether oxygens (including phenoxy) is 2. The summed E-state index contributed by atoms with van der Waals surface area (Å²) in [5.41, 5.74) is 0.736. The van der Waals surface area contributed by atoms with Crippen molar-refractivity contribution in [2.75, 3.05) is 6.61 Å². The number of hydrogen-bond donors (Lipinski definition) is 0. The molecule has 1 aromatic rings. The van der Waals surface area contributed by atoms with E-state index in [-0.39, 0.29) is 11.7 Å². The molecule has 2 heterocycles. The Bertz CT molecular complexity index is 510. The van der Waals surface area contributed by atoms with Crippen molar-refractivity contribution in [3.05, 3.63) is 40.9 Å². The summed E-state index contributed by atoms with van der Waals surface area (Å²) >= 11 is 6.11. The molecule has 2 aliphatic rings. The minimum Gasteiger partial charge on any atom is -0.463 e. The lowest BCUT2D eigenvalue weighted by Crippen LogP contribution is -2.39. The largest absolute Gasteiger partial charge is 0.463 e. The molecule has 0 aromatic heterocycles. The van der Waals surface area contributed by atoms with Gasteiger partial charge in [-0.25, -0.2) is 0 Å². The molecule has 0 N–H and O–H groups in total. The van der Waals surface area contributed by atoms with Gasteiger partial charge in [0, 0.05) is 11.6 Å². The van der Waals surface area contributed by atoms with Gasteiger partial charge in [-0.2, -0.15) is 0 Å². The standard InChI is InChI=1S/C14H13ClO3/c15-11-6-2-1-4-9(11)13-8-12(16)10-5-3-7-17-14(10)18-13/h1-2,4,6,8,10,14H,3,5,7H2/t10-,14+/m0/s1. The molecular weight excluding hydrogens is 252 g/mol. The molecule has 2 atom stereocenters. The van der Waals surface area contributed by atoms with Crippen molar-refractivity contribution in [2.24, 2.45) is 5.92 Å². The van der Waals surface area contributed by atoms with Crippen LogP contribution in [-0.2, 0) is 14.3 Å². The number of allylic oxidation sites excluding steroid dienone is 1. The first-order valence-corrected chi connectivity index (χ1v) is 6.42.